The molecular weight excluding hydrogens is 993 g/mol. The summed E-state index contributed by atoms with van der Waals surface area (Å²) >= 11 is 0. The normalized spacial score (nSPS) is 22.0. The lowest BCUT2D eigenvalue weighted by molar-refractivity contribution is 0.270. The Morgan fingerprint density at radius 1 is 0.354 bits per heavy atom. The van der Waals surface area contributed by atoms with Crippen molar-refractivity contribution < 1.29 is 4.74 Å². The monoisotopic (exact) mass is 1020 g/mol. The number of likely N-dealkylation sites (N-methyl/N-ethyl adjacent to an activating group) is 1. The van der Waals surface area contributed by atoms with Crippen LogP contribution < -0.4 is 9.64 Å². The Morgan fingerprint density at radius 2 is 0.622 bits per heavy atom. The zero-order valence-electron chi connectivity index (χ0n) is 43.4. The molecular formula is C79H24N2O. The fraction of sp³-hybridized carbons (Fsp3) is 0.114. The van der Waals surface area contributed by atoms with Gasteiger partial charge in [0.1, 0.15) is 5.75 Å². The third-order valence-electron chi connectivity index (χ3n) is 28.2. The second kappa shape index (κ2) is 8.16. The van der Waals surface area contributed by atoms with Gasteiger partial charge in [0.2, 0.25) is 0 Å². The molecule has 0 radical (unpaired) electrons. The smallest absolute Gasteiger partial charge is 0.119 e. The third-order valence-corrected chi connectivity index (χ3v) is 28.2. The topological polar surface area (TPSA) is 15.7 Å². The van der Waals surface area contributed by atoms with Gasteiger partial charge in [-0.3, -0.25) is 4.90 Å². The Morgan fingerprint density at radius 3 is 0.915 bits per heavy atom. The Kier molecular flexibility index (Phi) is 3.31. The van der Waals surface area contributed by atoms with Crippen LogP contribution in [0.15, 0.2) is 54.6 Å². The zero-order valence-corrected chi connectivity index (χ0v) is 43.4. The standard InChI is InChI=1S/C79H24N2O/c1-80(17-7-4-3-5-8-17)13-6-14-82-18-11-9-16(10-12-18)77-79-75-69-63-53-41-33-25-21-19-20-23-27(25)35(41)45-39-31(23)32-24(20)28-26-22(19)30-29(21)37-43(33)51-57-47(37)48-38(30)44-34(26)42-36(28)46-40(32)50-49(39)61(55(45)63)71(75)72-62(50)56(46)64-54(42)60-52(44)58(48)66-65(57)73(67(69)59(51)53)78(79,15-81(77)2)74(66)68(60)70(64)76(72)79/h3-5,7-12,77H,6,13-15H2,1-2H3. The molecule has 30 aromatic rings. The van der Waals surface area contributed by atoms with E-state index in [0.717, 1.165) is 25.3 Å². The number of ether oxygens (including phenoxy) is 1. The molecule has 0 aromatic heterocycles. The lowest BCUT2D eigenvalue weighted by Gasteiger charge is -2.52. The quantitative estimate of drug-likeness (QED) is 0.117. The zero-order chi connectivity index (χ0) is 49.8. The summed E-state index contributed by atoms with van der Waals surface area (Å²) in [7, 11) is 4.78. The molecule has 82 heavy (non-hydrogen) atoms. The van der Waals surface area contributed by atoms with E-state index in [-0.39, 0.29) is 16.9 Å². The number of nitrogens with zero attached hydrogens (tertiary/aromatic N) is 2. The summed E-state index contributed by atoms with van der Waals surface area (Å²) in [5.41, 5.74) is 9.07. The summed E-state index contributed by atoms with van der Waals surface area (Å²) < 4.78 is 6.74. The van der Waals surface area contributed by atoms with Gasteiger partial charge in [-0.05, 0) is 356 Å². The van der Waals surface area contributed by atoms with Crippen LogP contribution in [0.5, 0.6) is 5.75 Å². The Hall–Kier alpha value is -9.54. The molecule has 3 heteroatoms. The maximum atomic E-state index is 6.74. The van der Waals surface area contributed by atoms with E-state index in [9.17, 15) is 0 Å². The molecule has 0 N–H and O–H groups in total. The van der Waals surface area contributed by atoms with Gasteiger partial charge in [0.05, 0.1) is 17.4 Å². The highest BCUT2D eigenvalue weighted by Crippen LogP contribution is 2.87. The molecule has 1 fully saturated rings. The number of benzene rings is 20. The lowest BCUT2D eigenvalue weighted by Crippen LogP contribution is -2.51. The molecule has 1 heterocycles. The highest BCUT2D eigenvalue weighted by Gasteiger charge is 2.75. The molecule has 1 atom stereocenters. The van der Waals surface area contributed by atoms with Gasteiger partial charge in [0.25, 0.3) is 0 Å². The van der Waals surface area contributed by atoms with Crippen LogP contribution in [0.4, 0.5) is 5.69 Å². The van der Waals surface area contributed by atoms with E-state index >= 15 is 0 Å². The summed E-state index contributed by atoms with van der Waals surface area (Å²) in [6.07, 6.45) is 0.964. The number of hydrogen-bond acceptors (Lipinski definition) is 3. The highest BCUT2D eigenvalue weighted by molar-refractivity contribution is 6.82. The van der Waals surface area contributed by atoms with Gasteiger partial charge in [-0.25, -0.2) is 0 Å². The summed E-state index contributed by atoms with van der Waals surface area (Å²) in [6.45, 7) is 2.66. The average molecular weight is 1020 g/mol. The van der Waals surface area contributed by atoms with Gasteiger partial charge in [0.15, 0.2) is 0 Å². The first-order chi connectivity index (χ1) is 40.7. The van der Waals surface area contributed by atoms with Crippen molar-refractivity contribution in [2.24, 2.45) is 0 Å². The van der Waals surface area contributed by atoms with Gasteiger partial charge < -0.3 is 9.64 Å². The second-order valence-corrected chi connectivity index (χ2v) is 29.3. The van der Waals surface area contributed by atoms with E-state index in [2.05, 4.69) is 78.5 Å². The predicted molar refractivity (Wildman–Crippen MR) is 346 cm³/mol. The summed E-state index contributed by atoms with van der Waals surface area (Å²) in [4.78, 5) is 5.30. The highest BCUT2D eigenvalue weighted by atomic mass is 16.5. The van der Waals surface area contributed by atoms with Crippen LogP contribution in [0, 0.1) is 0 Å². The molecule has 0 bridgehead atoms. The molecule has 2 spiro atoms. The van der Waals surface area contributed by atoms with Crippen LogP contribution in [0.1, 0.15) is 40.3 Å². The first kappa shape index (κ1) is 33.3. The molecule has 356 valence electrons. The largest absolute Gasteiger partial charge is 0.494 e. The van der Waals surface area contributed by atoms with E-state index in [4.69, 9.17) is 4.74 Å². The van der Waals surface area contributed by atoms with Crippen molar-refractivity contribution in [2.75, 3.05) is 38.7 Å². The van der Waals surface area contributed by atoms with E-state index < -0.39 is 0 Å². The van der Waals surface area contributed by atoms with Crippen molar-refractivity contribution in [2.45, 2.75) is 23.3 Å². The second-order valence-electron chi connectivity index (χ2n) is 29.3. The van der Waals surface area contributed by atoms with Crippen molar-refractivity contribution in [3.63, 3.8) is 0 Å². The molecule has 35 rings (SSSR count). The third kappa shape index (κ3) is 2.01. The van der Waals surface area contributed by atoms with Crippen molar-refractivity contribution >= 4 is 297 Å². The number of hydrogen-bond donors (Lipinski definition) is 0. The molecule has 1 aliphatic heterocycles. The first-order valence-corrected chi connectivity index (χ1v) is 30.7. The molecule has 4 aliphatic carbocycles. The Labute approximate surface area is 453 Å². The van der Waals surface area contributed by atoms with Gasteiger partial charge in [-0.2, -0.15) is 0 Å². The minimum absolute atomic E-state index is 0.108. The molecule has 1 saturated heterocycles. The minimum Gasteiger partial charge on any atom is -0.494 e. The molecule has 30 aromatic carbocycles. The average Bonchev–Trinajstić information content (AvgIpc) is 1.39. The molecule has 0 amide bonds. The first-order valence-electron chi connectivity index (χ1n) is 30.7. The van der Waals surface area contributed by atoms with E-state index in [1.54, 1.807) is 313 Å². The van der Waals surface area contributed by atoms with Gasteiger partial charge >= 0.3 is 0 Å². The van der Waals surface area contributed by atoms with E-state index in [0.29, 0.717) is 6.61 Å². The molecule has 1 unspecified atom stereocenters. The van der Waals surface area contributed by atoms with Gasteiger partial charge in [-0.15, -0.1) is 0 Å². The van der Waals surface area contributed by atoms with Crippen LogP contribution in [0.2, 0.25) is 0 Å². The van der Waals surface area contributed by atoms with Gasteiger partial charge in [-0.1, -0.05) is 30.3 Å². The minimum atomic E-state index is -0.364. The van der Waals surface area contributed by atoms with Crippen LogP contribution in [0.3, 0.4) is 0 Å². The van der Waals surface area contributed by atoms with Crippen LogP contribution in [-0.2, 0) is 10.8 Å². The van der Waals surface area contributed by atoms with E-state index in [1.165, 1.54) is 11.3 Å². The fourth-order valence-electron chi connectivity index (χ4n) is 27.6. The SMILES string of the molecule is CN(CCCOc1ccc(C2N(C)CC34c5c6c7c8c9c%10c(c%11c%12c3c3c5c5c%13c6c6c7c7c9c9c%14c%10c%10c%11c%11c%12c%12c3c3c5c5c%13c%13c6c6c7c9c7c9c%14c%10c%10c%11c%11c%12c3c3c5c5c%13c6c7c6c9c%10c%11c3c56)C824)cc1)c1ccccc1. The van der Waals surface area contributed by atoms with Gasteiger partial charge in [0, 0.05) is 31.9 Å². The molecule has 0 saturated carbocycles. The number of likely N-dealkylation sites (tertiary alicyclic amines) is 1. The van der Waals surface area contributed by atoms with Crippen molar-refractivity contribution in [1.29, 1.82) is 0 Å². The molecule has 3 nitrogen and oxygen atoms in total. The maximum Gasteiger partial charge on any atom is 0.119 e. The number of para-hydroxylation sites is 1. The van der Waals surface area contributed by atoms with Crippen LogP contribution in [0.25, 0.3) is 291 Å². The lowest BCUT2D eigenvalue weighted by atomic mass is 9.47. The predicted octanol–water partition coefficient (Wildman–Crippen LogP) is 19.9. The summed E-state index contributed by atoms with van der Waals surface area (Å²) in [5, 5.41) is 89.8. The Balaban J connectivity index is 0.881. The number of rotatable bonds is 7. The fourth-order valence-corrected chi connectivity index (χ4v) is 27.6. The summed E-state index contributed by atoms with van der Waals surface area (Å²) in [5.74, 6) is 0.986. The van der Waals surface area contributed by atoms with Crippen LogP contribution in [-0.4, -0.2) is 38.7 Å². The van der Waals surface area contributed by atoms with Crippen LogP contribution >= 0.6 is 0 Å². The maximum absolute atomic E-state index is 6.74. The van der Waals surface area contributed by atoms with E-state index in [1.807, 2.05) is 0 Å². The van der Waals surface area contributed by atoms with Crippen molar-refractivity contribution in [3.8, 4) is 5.75 Å². The van der Waals surface area contributed by atoms with Crippen molar-refractivity contribution in [3.05, 3.63) is 82.4 Å². The molecule has 5 aliphatic rings. The summed E-state index contributed by atoms with van der Waals surface area (Å²) in [6, 6.07) is 20.7. The van der Waals surface area contributed by atoms with Crippen molar-refractivity contribution in [1.82, 2.24) is 4.90 Å². The number of anilines is 1. The Bertz CT molecular complexity index is 7740.